The molecule has 3 heteroatoms. The summed E-state index contributed by atoms with van der Waals surface area (Å²) in [6.07, 6.45) is 4.51. The zero-order chi connectivity index (χ0) is 12.0. The summed E-state index contributed by atoms with van der Waals surface area (Å²) in [5, 5.41) is 0. The second-order valence-electron chi connectivity index (χ2n) is 5.31. The molecule has 1 amide bonds. The Balaban J connectivity index is 2.07. The molecule has 0 saturated carbocycles. The highest BCUT2D eigenvalue weighted by molar-refractivity contribution is 5.79. The molecule has 0 spiro atoms. The van der Waals surface area contributed by atoms with Gasteiger partial charge in [0.05, 0.1) is 11.7 Å². The number of amides is 1. The van der Waals surface area contributed by atoms with Gasteiger partial charge in [0.2, 0.25) is 5.91 Å². The van der Waals surface area contributed by atoms with Crippen LogP contribution in [0, 0.1) is 0 Å². The van der Waals surface area contributed by atoms with E-state index in [9.17, 15) is 4.79 Å². The first-order chi connectivity index (χ1) is 8.18. The number of hydrogen-bond donors (Lipinski definition) is 0. The standard InChI is InChI=1S/C14H18N2O/c1-9(2)10-5-7-15-14-11(10)6-8-16-12(14)3-4-13(16)17/h5,7,9,12H,3-4,6,8H2,1-2H3. The summed E-state index contributed by atoms with van der Waals surface area (Å²) >= 11 is 0. The maximum Gasteiger partial charge on any atom is 0.223 e. The van der Waals surface area contributed by atoms with Gasteiger partial charge in [-0.3, -0.25) is 9.78 Å². The van der Waals surface area contributed by atoms with E-state index in [0.29, 0.717) is 18.2 Å². The van der Waals surface area contributed by atoms with Crippen LogP contribution < -0.4 is 0 Å². The highest BCUT2D eigenvalue weighted by Crippen LogP contribution is 2.39. The molecule has 0 bridgehead atoms. The molecule has 3 heterocycles. The molecular formula is C14H18N2O. The lowest BCUT2D eigenvalue weighted by atomic mass is 9.89. The number of pyridine rings is 1. The van der Waals surface area contributed by atoms with Gasteiger partial charge in [-0.1, -0.05) is 13.8 Å². The maximum absolute atomic E-state index is 11.7. The van der Waals surface area contributed by atoms with Crippen LogP contribution in [-0.2, 0) is 11.2 Å². The summed E-state index contributed by atoms with van der Waals surface area (Å²) in [6.45, 7) is 5.32. The fraction of sp³-hybridized carbons (Fsp3) is 0.571. The molecule has 2 aliphatic heterocycles. The van der Waals surface area contributed by atoms with Crippen LogP contribution in [0.2, 0.25) is 0 Å². The summed E-state index contributed by atoms with van der Waals surface area (Å²) in [7, 11) is 0. The van der Waals surface area contributed by atoms with E-state index in [-0.39, 0.29) is 6.04 Å². The topological polar surface area (TPSA) is 33.2 Å². The molecule has 1 atom stereocenters. The lowest BCUT2D eigenvalue weighted by Gasteiger charge is -2.32. The number of aromatic nitrogens is 1. The molecule has 1 aromatic heterocycles. The van der Waals surface area contributed by atoms with E-state index in [4.69, 9.17) is 0 Å². The van der Waals surface area contributed by atoms with Gasteiger partial charge in [0.1, 0.15) is 0 Å². The van der Waals surface area contributed by atoms with Gasteiger partial charge in [0, 0.05) is 19.2 Å². The predicted octanol–water partition coefficient (Wildman–Crippen LogP) is 2.42. The molecule has 17 heavy (non-hydrogen) atoms. The van der Waals surface area contributed by atoms with Crippen molar-refractivity contribution in [1.29, 1.82) is 0 Å². The van der Waals surface area contributed by atoms with Crippen molar-refractivity contribution in [2.75, 3.05) is 6.54 Å². The van der Waals surface area contributed by atoms with Crippen molar-refractivity contribution >= 4 is 5.91 Å². The van der Waals surface area contributed by atoms with Gasteiger partial charge >= 0.3 is 0 Å². The van der Waals surface area contributed by atoms with Crippen molar-refractivity contribution in [3.63, 3.8) is 0 Å². The number of carbonyl (C=O) groups is 1. The Morgan fingerprint density at radius 2 is 2.24 bits per heavy atom. The number of nitrogens with zero attached hydrogens (tertiary/aromatic N) is 2. The third-order valence-electron chi connectivity index (χ3n) is 3.99. The fourth-order valence-electron chi connectivity index (χ4n) is 3.16. The zero-order valence-electron chi connectivity index (χ0n) is 10.4. The molecule has 1 unspecified atom stereocenters. The quantitative estimate of drug-likeness (QED) is 0.742. The van der Waals surface area contributed by atoms with Gasteiger partial charge in [-0.05, 0) is 36.0 Å². The Morgan fingerprint density at radius 3 is 3.00 bits per heavy atom. The van der Waals surface area contributed by atoms with Crippen LogP contribution in [0.5, 0.6) is 0 Å². The summed E-state index contributed by atoms with van der Waals surface area (Å²) in [5.41, 5.74) is 3.97. The Hall–Kier alpha value is -1.38. The normalized spacial score (nSPS) is 22.9. The molecule has 1 aromatic rings. The smallest absolute Gasteiger partial charge is 0.223 e. The molecule has 0 aromatic carbocycles. The average Bonchev–Trinajstić information content (AvgIpc) is 2.70. The molecule has 90 valence electrons. The van der Waals surface area contributed by atoms with Gasteiger partial charge in [-0.2, -0.15) is 0 Å². The number of carbonyl (C=O) groups excluding carboxylic acids is 1. The van der Waals surface area contributed by atoms with Crippen LogP contribution >= 0.6 is 0 Å². The summed E-state index contributed by atoms with van der Waals surface area (Å²) in [4.78, 5) is 18.3. The van der Waals surface area contributed by atoms with E-state index in [0.717, 1.165) is 25.1 Å². The molecular weight excluding hydrogens is 212 g/mol. The van der Waals surface area contributed by atoms with Gasteiger partial charge in [-0.25, -0.2) is 0 Å². The van der Waals surface area contributed by atoms with Crippen molar-refractivity contribution in [2.45, 2.75) is 45.1 Å². The SMILES string of the molecule is CC(C)c1ccnc2c1CCN1C(=O)CCC21. The van der Waals surface area contributed by atoms with E-state index in [1.165, 1.54) is 11.1 Å². The van der Waals surface area contributed by atoms with Crippen LogP contribution in [-0.4, -0.2) is 22.3 Å². The highest BCUT2D eigenvalue weighted by atomic mass is 16.2. The predicted molar refractivity (Wildman–Crippen MR) is 65.7 cm³/mol. The summed E-state index contributed by atoms with van der Waals surface area (Å²) in [5.74, 6) is 0.841. The summed E-state index contributed by atoms with van der Waals surface area (Å²) in [6, 6.07) is 2.39. The van der Waals surface area contributed by atoms with E-state index < -0.39 is 0 Å². The first-order valence-corrected chi connectivity index (χ1v) is 6.45. The van der Waals surface area contributed by atoms with Crippen molar-refractivity contribution < 1.29 is 4.79 Å². The van der Waals surface area contributed by atoms with Crippen molar-refractivity contribution in [3.05, 3.63) is 29.1 Å². The van der Waals surface area contributed by atoms with Crippen LogP contribution in [0.1, 0.15) is 55.5 Å². The number of rotatable bonds is 1. The van der Waals surface area contributed by atoms with Crippen molar-refractivity contribution in [1.82, 2.24) is 9.88 Å². The van der Waals surface area contributed by atoms with Crippen LogP contribution in [0.3, 0.4) is 0 Å². The third-order valence-corrected chi connectivity index (χ3v) is 3.99. The Labute approximate surface area is 102 Å². The maximum atomic E-state index is 11.7. The van der Waals surface area contributed by atoms with Gasteiger partial charge in [-0.15, -0.1) is 0 Å². The van der Waals surface area contributed by atoms with Crippen molar-refractivity contribution in [2.24, 2.45) is 0 Å². The number of fused-ring (bicyclic) bond motifs is 3. The minimum atomic E-state index is 0.255. The third kappa shape index (κ3) is 1.56. The monoisotopic (exact) mass is 230 g/mol. The lowest BCUT2D eigenvalue weighted by molar-refractivity contribution is -0.129. The molecule has 0 radical (unpaired) electrons. The Kier molecular flexibility index (Phi) is 2.42. The van der Waals surface area contributed by atoms with Gasteiger partial charge in [0.25, 0.3) is 0 Å². The second kappa shape index (κ2) is 3.83. The van der Waals surface area contributed by atoms with E-state index >= 15 is 0 Å². The molecule has 0 N–H and O–H groups in total. The Morgan fingerprint density at radius 1 is 1.41 bits per heavy atom. The zero-order valence-corrected chi connectivity index (χ0v) is 10.4. The second-order valence-corrected chi connectivity index (χ2v) is 5.31. The summed E-state index contributed by atoms with van der Waals surface area (Å²) < 4.78 is 0. The lowest BCUT2D eigenvalue weighted by Crippen LogP contribution is -2.35. The minimum Gasteiger partial charge on any atom is -0.334 e. The Bertz CT molecular complexity index is 467. The molecule has 1 fully saturated rings. The van der Waals surface area contributed by atoms with Crippen molar-refractivity contribution in [3.8, 4) is 0 Å². The van der Waals surface area contributed by atoms with Gasteiger partial charge in [0.15, 0.2) is 0 Å². The first kappa shape index (κ1) is 10.8. The molecule has 3 nitrogen and oxygen atoms in total. The van der Waals surface area contributed by atoms with Gasteiger partial charge < -0.3 is 4.90 Å². The van der Waals surface area contributed by atoms with E-state index in [1.807, 2.05) is 11.1 Å². The fourth-order valence-corrected chi connectivity index (χ4v) is 3.16. The molecule has 1 saturated heterocycles. The van der Waals surface area contributed by atoms with Crippen LogP contribution in [0.25, 0.3) is 0 Å². The molecule has 3 rings (SSSR count). The van der Waals surface area contributed by atoms with E-state index in [2.05, 4.69) is 24.9 Å². The first-order valence-electron chi connectivity index (χ1n) is 6.45. The minimum absolute atomic E-state index is 0.255. The van der Waals surface area contributed by atoms with E-state index in [1.54, 1.807) is 0 Å². The van der Waals surface area contributed by atoms with Crippen LogP contribution in [0.4, 0.5) is 0 Å². The number of hydrogen-bond acceptors (Lipinski definition) is 2. The average molecular weight is 230 g/mol. The largest absolute Gasteiger partial charge is 0.334 e. The molecule has 2 aliphatic rings. The van der Waals surface area contributed by atoms with Crippen LogP contribution in [0.15, 0.2) is 12.3 Å². The molecule has 0 aliphatic carbocycles. The highest BCUT2D eigenvalue weighted by Gasteiger charge is 2.37.